The highest BCUT2D eigenvalue weighted by molar-refractivity contribution is 7.80. The maximum atomic E-state index is 5.46. The number of rotatable bonds is 3. The Kier molecular flexibility index (Phi) is 2.97. The normalized spacial score (nSPS) is 46.9. The zero-order valence-corrected chi connectivity index (χ0v) is 13.0. The van der Waals surface area contributed by atoms with E-state index in [1.807, 2.05) is 6.08 Å². The average molecular weight is 278 g/mol. The van der Waals surface area contributed by atoms with Crippen LogP contribution >= 0.6 is 12.2 Å². The van der Waals surface area contributed by atoms with Gasteiger partial charge in [-0.1, -0.05) is 19.9 Å². The summed E-state index contributed by atoms with van der Waals surface area (Å²) in [6.07, 6.45) is 10.0. The Morgan fingerprint density at radius 3 is 2.37 bits per heavy atom. The van der Waals surface area contributed by atoms with E-state index in [0.717, 1.165) is 17.6 Å². The minimum atomic E-state index is 0.258. The highest BCUT2D eigenvalue weighted by atomic mass is 32.1. The van der Waals surface area contributed by atoms with Crippen LogP contribution in [-0.4, -0.2) is 17.2 Å². The molecule has 2 nitrogen and oxygen atoms in total. The molecule has 2 unspecified atom stereocenters. The molecule has 0 aromatic heterocycles. The van der Waals surface area contributed by atoms with E-state index in [1.54, 1.807) is 0 Å². The van der Waals surface area contributed by atoms with Crippen molar-refractivity contribution in [3.63, 3.8) is 0 Å². The predicted octanol–water partition coefficient (Wildman–Crippen LogP) is 3.39. The van der Waals surface area contributed by atoms with Crippen molar-refractivity contribution in [1.29, 1.82) is 0 Å². The van der Waals surface area contributed by atoms with E-state index in [0.29, 0.717) is 10.8 Å². The van der Waals surface area contributed by atoms with Gasteiger partial charge in [0, 0.05) is 12.1 Å². The van der Waals surface area contributed by atoms with Gasteiger partial charge in [0.15, 0.2) is 5.11 Å². The van der Waals surface area contributed by atoms with Crippen molar-refractivity contribution in [2.75, 3.05) is 6.54 Å². The number of nitrogens with one attached hydrogen (secondary N) is 2. The van der Waals surface area contributed by atoms with Gasteiger partial charge in [0.2, 0.25) is 0 Å². The summed E-state index contributed by atoms with van der Waals surface area (Å²) in [6.45, 7) is 9.47. The minimum Gasteiger partial charge on any atom is -0.359 e. The van der Waals surface area contributed by atoms with Crippen molar-refractivity contribution in [3.05, 3.63) is 12.7 Å². The highest BCUT2D eigenvalue weighted by Crippen LogP contribution is 2.66. The molecular formula is C16H26N2S. The van der Waals surface area contributed by atoms with E-state index in [-0.39, 0.29) is 5.54 Å². The molecule has 4 rings (SSSR count). The van der Waals surface area contributed by atoms with Gasteiger partial charge in [-0.05, 0) is 67.5 Å². The molecule has 0 spiro atoms. The summed E-state index contributed by atoms with van der Waals surface area (Å²) >= 11 is 5.46. The molecule has 106 valence electrons. The molecule has 3 heteroatoms. The van der Waals surface area contributed by atoms with Crippen molar-refractivity contribution in [2.45, 2.75) is 57.9 Å². The lowest BCUT2D eigenvalue weighted by molar-refractivity contribution is -0.111. The van der Waals surface area contributed by atoms with Crippen LogP contribution in [0.25, 0.3) is 0 Å². The molecule has 0 aliphatic heterocycles. The second-order valence-electron chi connectivity index (χ2n) is 8.03. The maximum Gasteiger partial charge on any atom is 0.166 e. The Balaban J connectivity index is 1.77. The van der Waals surface area contributed by atoms with E-state index < -0.39 is 0 Å². The summed E-state index contributed by atoms with van der Waals surface area (Å²) < 4.78 is 0. The topological polar surface area (TPSA) is 24.1 Å². The summed E-state index contributed by atoms with van der Waals surface area (Å²) in [5, 5.41) is 7.73. The zero-order chi connectivity index (χ0) is 13.7. The van der Waals surface area contributed by atoms with Crippen LogP contribution < -0.4 is 10.6 Å². The first-order valence-corrected chi connectivity index (χ1v) is 7.94. The van der Waals surface area contributed by atoms with Crippen LogP contribution in [-0.2, 0) is 0 Å². The first-order chi connectivity index (χ1) is 8.86. The summed E-state index contributed by atoms with van der Waals surface area (Å²) in [5.41, 5.74) is 1.33. The lowest BCUT2D eigenvalue weighted by atomic mass is 9.43. The first kappa shape index (κ1) is 13.4. The van der Waals surface area contributed by atoms with Crippen LogP contribution in [0.1, 0.15) is 52.4 Å². The van der Waals surface area contributed by atoms with E-state index in [4.69, 9.17) is 12.2 Å². The van der Waals surface area contributed by atoms with Crippen molar-refractivity contribution >= 4 is 17.3 Å². The van der Waals surface area contributed by atoms with Crippen LogP contribution in [0.5, 0.6) is 0 Å². The summed E-state index contributed by atoms with van der Waals surface area (Å²) in [7, 11) is 0. The average Bonchev–Trinajstić information content (AvgIpc) is 2.20. The molecule has 0 amide bonds. The van der Waals surface area contributed by atoms with Gasteiger partial charge in [0.1, 0.15) is 0 Å². The zero-order valence-electron chi connectivity index (χ0n) is 12.2. The number of hydrogen-bond donors (Lipinski definition) is 2. The van der Waals surface area contributed by atoms with E-state index in [9.17, 15) is 0 Å². The molecule has 4 aliphatic rings. The Bertz CT molecular complexity index is 399. The van der Waals surface area contributed by atoms with Gasteiger partial charge in [-0.15, -0.1) is 6.58 Å². The molecule has 4 saturated carbocycles. The Labute approximate surface area is 122 Å². The van der Waals surface area contributed by atoms with Crippen molar-refractivity contribution < 1.29 is 0 Å². The van der Waals surface area contributed by atoms with E-state index in [1.165, 1.54) is 38.5 Å². The van der Waals surface area contributed by atoms with Gasteiger partial charge >= 0.3 is 0 Å². The molecule has 0 saturated heterocycles. The fourth-order valence-corrected chi connectivity index (χ4v) is 6.34. The highest BCUT2D eigenvalue weighted by Gasteiger charge is 2.60. The van der Waals surface area contributed by atoms with Crippen molar-refractivity contribution in [2.24, 2.45) is 16.7 Å². The monoisotopic (exact) mass is 278 g/mol. The van der Waals surface area contributed by atoms with Gasteiger partial charge in [-0.2, -0.15) is 0 Å². The Morgan fingerprint density at radius 1 is 1.21 bits per heavy atom. The molecule has 4 fully saturated rings. The quantitative estimate of drug-likeness (QED) is 0.611. The smallest absolute Gasteiger partial charge is 0.166 e. The molecule has 19 heavy (non-hydrogen) atoms. The predicted molar refractivity (Wildman–Crippen MR) is 84.1 cm³/mol. The molecule has 2 atom stereocenters. The van der Waals surface area contributed by atoms with Crippen LogP contribution in [0.2, 0.25) is 0 Å². The third-order valence-electron chi connectivity index (χ3n) is 5.41. The third-order valence-corrected chi connectivity index (χ3v) is 5.66. The molecule has 0 aromatic rings. The lowest BCUT2D eigenvalue weighted by Gasteiger charge is -2.65. The molecule has 4 bridgehead atoms. The molecule has 4 aliphatic carbocycles. The minimum absolute atomic E-state index is 0.258. The SMILES string of the molecule is C=CCNC(=S)NC12CC3CC(C)(CC(C)(C3)C1)C2. The van der Waals surface area contributed by atoms with Gasteiger partial charge in [0.25, 0.3) is 0 Å². The maximum absolute atomic E-state index is 5.46. The Morgan fingerprint density at radius 2 is 1.84 bits per heavy atom. The standard InChI is InChI=1S/C16H26N2S/c1-4-5-17-13(19)18-16-8-12-6-14(2,10-16)9-15(3,7-12)11-16/h4,12H,1,5-11H2,2-3H3,(H2,17,18,19). The van der Waals surface area contributed by atoms with Crippen LogP contribution in [0, 0.1) is 16.7 Å². The lowest BCUT2D eigenvalue weighted by Crippen LogP contribution is -2.66. The van der Waals surface area contributed by atoms with E-state index >= 15 is 0 Å². The first-order valence-electron chi connectivity index (χ1n) is 7.53. The van der Waals surface area contributed by atoms with Crippen molar-refractivity contribution in [1.82, 2.24) is 10.6 Å². The van der Waals surface area contributed by atoms with Crippen LogP contribution in [0.15, 0.2) is 12.7 Å². The number of thiocarbonyl (C=S) groups is 1. The van der Waals surface area contributed by atoms with Gasteiger partial charge in [-0.25, -0.2) is 0 Å². The summed E-state index contributed by atoms with van der Waals surface area (Å²) in [6, 6.07) is 0. The second kappa shape index (κ2) is 4.21. The second-order valence-corrected chi connectivity index (χ2v) is 8.44. The summed E-state index contributed by atoms with van der Waals surface area (Å²) in [5.74, 6) is 0.904. The van der Waals surface area contributed by atoms with Gasteiger partial charge < -0.3 is 10.6 Å². The Hall–Kier alpha value is -0.570. The van der Waals surface area contributed by atoms with E-state index in [2.05, 4.69) is 31.1 Å². The molecule has 0 aromatic carbocycles. The van der Waals surface area contributed by atoms with Gasteiger partial charge in [-0.3, -0.25) is 0 Å². The molecule has 2 N–H and O–H groups in total. The third kappa shape index (κ3) is 2.42. The van der Waals surface area contributed by atoms with Crippen LogP contribution in [0.4, 0.5) is 0 Å². The fourth-order valence-electron chi connectivity index (χ4n) is 6.04. The van der Waals surface area contributed by atoms with Crippen molar-refractivity contribution in [3.8, 4) is 0 Å². The number of hydrogen-bond acceptors (Lipinski definition) is 1. The van der Waals surface area contributed by atoms with Gasteiger partial charge in [0.05, 0.1) is 0 Å². The fraction of sp³-hybridized carbons (Fsp3) is 0.812. The molecule has 0 radical (unpaired) electrons. The summed E-state index contributed by atoms with van der Waals surface area (Å²) in [4.78, 5) is 0. The molecular weight excluding hydrogens is 252 g/mol. The van der Waals surface area contributed by atoms with Crippen LogP contribution in [0.3, 0.4) is 0 Å². The largest absolute Gasteiger partial charge is 0.359 e. The molecule has 0 heterocycles.